The lowest BCUT2D eigenvalue weighted by atomic mass is 9.75. The third-order valence-electron chi connectivity index (χ3n) is 7.45. The summed E-state index contributed by atoms with van der Waals surface area (Å²) in [5.74, 6) is 0.984. The molecule has 1 unspecified atom stereocenters. The topological polar surface area (TPSA) is 103 Å². The summed E-state index contributed by atoms with van der Waals surface area (Å²) in [4.78, 5) is 0. The summed E-state index contributed by atoms with van der Waals surface area (Å²) in [6.45, 7) is 0. The summed E-state index contributed by atoms with van der Waals surface area (Å²) >= 11 is 0. The molecule has 3 atom stereocenters. The van der Waals surface area contributed by atoms with Gasteiger partial charge in [0.2, 0.25) is 0 Å². The number of benzene rings is 4. The number of hydrogen-bond acceptors (Lipinski definition) is 5. The van der Waals surface area contributed by atoms with E-state index in [0.29, 0.717) is 5.75 Å². The second kappa shape index (κ2) is 8.64. The summed E-state index contributed by atoms with van der Waals surface area (Å²) in [6, 6.07) is 28.2. The van der Waals surface area contributed by atoms with E-state index >= 15 is 0 Å². The quantitative estimate of drug-likeness (QED) is 0.182. The van der Waals surface area contributed by atoms with Gasteiger partial charge < -0.3 is 26.2 Å². The molecular formula is C30H28N4O2. The molecule has 6 N–H and O–H groups in total. The smallest absolute Gasteiger partial charge is 0.160 e. The molecule has 0 aromatic heterocycles. The van der Waals surface area contributed by atoms with Crippen molar-refractivity contribution in [1.82, 2.24) is 0 Å². The van der Waals surface area contributed by atoms with Gasteiger partial charge in [0.15, 0.2) is 11.5 Å². The Kier molecular flexibility index (Phi) is 5.29. The number of rotatable bonds is 5. The molecule has 6 rings (SSSR count). The highest BCUT2D eigenvalue weighted by atomic mass is 16.5. The molecule has 0 saturated carbocycles. The Bertz CT molecular complexity index is 1470. The summed E-state index contributed by atoms with van der Waals surface area (Å²) in [5.41, 5.74) is 14.2. The molecule has 0 spiro atoms. The number of nitrogens with one attached hydrogen (secondary N) is 3. The fourth-order valence-corrected chi connectivity index (χ4v) is 5.83. The van der Waals surface area contributed by atoms with Gasteiger partial charge in [-0.2, -0.15) is 0 Å². The number of phenolic OH excluding ortho intramolecular Hbond substituents is 1. The first-order valence-electron chi connectivity index (χ1n) is 12.1. The Morgan fingerprint density at radius 3 is 2.53 bits per heavy atom. The van der Waals surface area contributed by atoms with Gasteiger partial charge in [0, 0.05) is 40.2 Å². The molecule has 1 aliphatic heterocycles. The van der Waals surface area contributed by atoms with E-state index in [2.05, 4.69) is 41.0 Å². The number of nitrogens with two attached hydrogens (primary N) is 1. The van der Waals surface area contributed by atoms with E-state index in [1.165, 1.54) is 11.1 Å². The number of para-hydroxylation sites is 1. The molecule has 0 radical (unpaired) electrons. The van der Waals surface area contributed by atoms with Crippen LogP contribution in [0, 0.1) is 11.3 Å². The number of fused-ring (bicyclic) bond motifs is 5. The third-order valence-corrected chi connectivity index (χ3v) is 7.45. The van der Waals surface area contributed by atoms with Crippen molar-refractivity contribution in [2.24, 2.45) is 11.7 Å². The highest BCUT2D eigenvalue weighted by Crippen LogP contribution is 2.55. The van der Waals surface area contributed by atoms with Gasteiger partial charge in [0.05, 0.1) is 13.2 Å². The number of hydrogen-bond donors (Lipinski definition) is 5. The minimum absolute atomic E-state index is 0.0428. The van der Waals surface area contributed by atoms with Crippen LogP contribution in [-0.2, 0) is 6.42 Å². The number of phenols is 1. The van der Waals surface area contributed by atoms with Crippen molar-refractivity contribution in [1.29, 1.82) is 5.41 Å². The average Bonchev–Trinajstić information content (AvgIpc) is 3.29. The molecule has 0 saturated heterocycles. The third kappa shape index (κ3) is 3.62. The summed E-state index contributed by atoms with van der Waals surface area (Å²) in [6.07, 6.45) is 0.913. The lowest BCUT2D eigenvalue weighted by Gasteiger charge is -2.39. The summed E-state index contributed by atoms with van der Waals surface area (Å²) in [5, 5.41) is 25.9. The van der Waals surface area contributed by atoms with Crippen molar-refractivity contribution in [3.63, 3.8) is 0 Å². The Morgan fingerprint density at radius 1 is 0.972 bits per heavy atom. The van der Waals surface area contributed by atoms with Crippen LogP contribution in [-0.4, -0.2) is 18.1 Å². The van der Waals surface area contributed by atoms with Crippen molar-refractivity contribution >= 4 is 22.9 Å². The van der Waals surface area contributed by atoms with Crippen LogP contribution in [0.5, 0.6) is 11.5 Å². The molecule has 1 heterocycles. The minimum atomic E-state index is -0.0428. The van der Waals surface area contributed by atoms with Gasteiger partial charge in [0.1, 0.15) is 5.84 Å². The van der Waals surface area contributed by atoms with Crippen LogP contribution in [0.4, 0.5) is 17.1 Å². The van der Waals surface area contributed by atoms with Gasteiger partial charge in [-0.25, -0.2) is 0 Å². The number of ether oxygens (including phenoxy) is 1. The Labute approximate surface area is 210 Å². The number of aromatic hydroxyl groups is 1. The summed E-state index contributed by atoms with van der Waals surface area (Å²) in [7, 11) is 1.57. The minimum Gasteiger partial charge on any atom is -0.504 e. The van der Waals surface area contributed by atoms with Crippen LogP contribution in [0.3, 0.4) is 0 Å². The number of methoxy groups -OCH3 is 1. The lowest BCUT2D eigenvalue weighted by molar-refractivity contribution is 0.370. The van der Waals surface area contributed by atoms with E-state index in [1.54, 1.807) is 13.2 Å². The van der Waals surface area contributed by atoms with Crippen LogP contribution in [0.15, 0.2) is 84.9 Å². The van der Waals surface area contributed by atoms with Gasteiger partial charge in [-0.05, 0) is 65.4 Å². The van der Waals surface area contributed by atoms with Gasteiger partial charge in [-0.15, -0.1) is 0 Å². The van der Waals surface area contributed by atoms with E-state index < -0.39 is 0 Å². The maximum atomic E-state index is 10.6. The highest BCUT2D eigenvalue weighted by molar-refractivity contribution is 5.95. The van der Waals surface area contributed by atoms with Gasteiger partial charge in [-0.3, -0.25) is 5.41 Å². The molecule has 1 aliphatic carbocycles. The second-order valence-corrected chi connectivity index (χ2v) is 9.48. The van der Waals surface area contributed by atoms with E-state index in [1.807, 2.05) is 48.5 Å². The zero-order valence-electron chi connectivity index (χ0n) is 20.0. The first kappa shape index (κ1) is 22.0. The first-order valence-corrected chi connectivity index (χ1v) is 12.1. The van der Waals surface area contributed by atoms with Gasteiger partial charge in [0.25, 0.3) is 0 Å². The van der Waals surface area contributed by atoms with E-state index in [0.717, 1.165) is 40.2 Å². The second-order valence-electron chi connectivity index (χ2n) is 9.48. The van der Waals surface area contributed by atoms with Crippen LogP contribution >= 0.6 is 0 Å². The standard InChI is InChI=1S/C30H28N4O2/c1-36-27-15-22(25(16-26(27)35)33-19-8-3-2-4-9-19)29-23-13-17-7-5-6-10-20(17)28(23)21-14-18(30(31)32)11-12-24(21)34-29/h2-12,14-16,23,28-29,33-35H,13H2,1H3,(H3,31,32)/t23-,28-,29?/m1/s1. The predicted molar refractivity (Wildman–Crippen MR) is 144 cm³/mol. The molecule has 6 heteroatoms. The van der Waals surface area contributed by atoms with E-state index in [4.69, 9.17) is 15.9 Å². The van der Waals surface area contributed by atoms with Crippen LogP contribution in [0.2, 0.25) is 0 Å². The Balaban J connectivity index is 1.52. The fraction of sp³-hybridized carbons (Fsp3) is 0.167. The largest absolute Gasteiger partial charge is 0.504 e. The maximum Gasteiger partial charge on any atom is 0.160 e. The van der Waals surface area contributed by atoms with Crippen molar-refractivity contribution in [2.75, 3.05) is 17.7 Å². The molecule has 0 bridgehead atoms. The Morgan fingerprint density at radius 2 is 1.75 bits per heavy atom. The van der Waals surface area contributed by atoms with Gasteiger partial charge >= 0.3 is 0 Å². The lowest BCUT2D eigenvalue weighted by Crippen LogP contribution is -2.31. The zero-order chi connectivity index (χ0) is 24.8. The maximum absolute atomic E-state index is 10.6. The molecule has 180 valence electrons. The first-order chi connectivity index (χ1) is 17.5. The van der Waals surface area contributed by atoms with Gasteiger partial charge in [-0.1, -0.05) is 42.5 Å². The van der Waals surface area contributed by atoms with E-state index in [9.17, 15) is 5.11 Å². The van der Waals surface area contributed by atoms with Crippen LogP contribution in [0.25, 0.3) is 0 Å². The van der Waals surface area contributed by atoms with Crippen molar-refractivity contribution < 1.29 is 9.84 Å². The highest BCUT2D eigenvalue weighted by Gasteiger charge is 2.44. The number of anilines is 3. The molecule has 4 aromatic rings. The molecule has 4 aromatic carbocycles. The monoisotopic (exact) mass is 476 g/mol. The fourth-order valence-electron chi connectivity index (χ4n) is 5.83. The molecule has 2 aliphatic rings. The SMILES string of the molecule is COc1cc(C2Nc3ccc(C(=N)N)cc3[C@H]3c4ccccc4C[C@@H]23)c(Nc2ccccc2)cc1O. The molecule has 0 fully saturated rings. The Hall–Kier alpha value is -4.45. The summed E-state index contributed by atoms with van der Waals surface area (Å²) < 4.78 is 5.52. The number of amidine groups is 1. The average molecular weight is 477 g/mol. The van der Waals surface area contributed by atoms with Crippen molar-refractivity contribution in [3.05, 3.63) is 113 Å². The van der Waals surface area contributed by atoms with Crippen molar-refractivity contribution in [2.45, 2.75) is 18.4 Å². The van der Waals surface area contributed by atoms with E-state index in [-0.39, 0.29) is 29.5 Å². The van der Waals surface area contributed by atoms with Crippen LogP contribution in [0.1, 0.15) is 39.8 Å². The van der Waals surface area contributed by atoms with Crippen molar-refractivity contribution in [3.8, 4) is 11.5 Å². The normalized spacial score (nSPS) is 19.4. The number of nitrogen functional groups attached to an aromatic ring is 1. The zero-order valence-corrected chi connectivity index (χ0v) is 20.0. The predicted octanol–water partition coefficient (Wildman–Crippen LogP) is 5.90. The molecular weight excluding hydrogens is 448 g/mol. The van der Waals surface area contributed by atoms with Crippen LogP contribution < -0.4 is 21.1 Å². The molecule has 0 amide bonds. The molecule has 36 heavy (non-hydrogen) atoms. The molecule has 6 nitrogen and oxygen atoms in total.